The maximum Gasteiger partial charge on any atom is 0.161 e. The molecule has 0 heterocycles. The molecule has 0 aliphatic heterocycles. The van der Waals surface area contributed by atoms with Crippen molar-refractivity contribution in [2.75, 3.05) is 40.7 Å². The Morgan fingerprint density at radius 2 is 2.00 bits per heavy atom. The third-order valence-electron chi connectivity index (χ3n) is 2.58. The van der Waals surface area contributed by atoms with Gasteiger partial charge in [0.05, 0.1) is 27.0 Å². The summed E-state index contributed by atoms with van der Waals surface area (Å²) in [6.45, 7) is 2.21. The third-order valence-corrected chi connectivity index (χ3v) is 2.58. The number of methoxy groups -OCH3 is 2. The molecule has 0 atom stereocenters. The summed E-state index contributed by atoms with van der Waals surface area (Å²) in [6.07, 6.45) is 0.392. The molecule has 108 valence electrons. The Morgan fingerprint density at radius 1 is 1.16 bits per heavy atom. The van der Waals surface area contributed by atoms with Crippen molar-refractivity contribution < 1.29 is 18.6 Å². The van der Waals surface area contributed by atoms with Gasteiger partial charge >= 0.3 is 0 Å². The Balaban J connectivity index is 2.51. The fourth-order valence-electron chi connectivity index (χ4n) is 1.58. The molecule has 0 unspecified atom stereocenters. The van der Waals surface area contributed by atoms with Crippen molar-refractivity contribution in [1.82, 2.24) is 5.32 Å². The molecule has 19 heavy (non-hydrogen) atoms. The summed E-state index contributed by atoms with van der Waals surface area (Å²) in [6, 6.07) is 5.74. The van der Waals surface area contributed by atoms with Gasteiger partial charge in [0.1, 0.15) is 0 Å². The lowest BCUT2D eigenvalue weighted by molar-refractivity contribution is 0.199. The Bertz CT molecular complexity index is 361. The minimum absolute atomic E-state index is 0.359. The standard InChI is InChI=1S/C14H22FNO3/c1-17-9-7-16-11-12-4-5-13(14(10-12)18-2)19-8-3-6-15/h4-5,10,16H,3,6-9,11H2,1-2H3. The van der Waals surface area contributed by atoms with E-state index in [1.807, 2.05) is 18.2 Å². The van der Waals surface area contributed by atoms with Crippen LogP contribution in [0.2, 0.25) is 0 Å². The van der Waals surface area contributed by atoms with E-state index in [0.29, 0.717) is 31.1 Å². The van der Waals surface area contributed by atoms with Crippen LogP contribution in [0, 0.1) is 0 Å². The van der Waals surface area contributed by atoms with Crippen LogP contribution in [0.5, 0.6) is 11.5 Å². The van der Waals surface area contributed by atoms with Crippen LogP contribution in [-0.4, -0.2) is 40.7 Å². The van der Waals surface area contributed by atoms with Crippen LogP contribution < -0.4 is 14.8 Å². The van der Waals surface area contributed by atoms with Crippen LogP contribution in [0.15, 0.2) is 18.2 Å². The lowest BCUT2D eigenvalue weighted by atomic mass is 10.2. The molecule has 0 aromatic heterocycles. The molecule has 4 nitrogen and oxygen atoms in total. The van der Waals surface area contributed by atoms with E-state index in [1.165, 1.54) is 0 Å². The van der Waals surface area contributed by atoms with Crippen molar-refractivity contribution in [2.45, 2.75) is 13.0 Å². The first kappa shape index (κ1) is 15.7. The van der Waals surface area contributed by atoms with Crippen molar-refractivity contribution in [2.24, 2.45) is 0 Å². The van der Waals surface area contributed by atoms with E-state index in [0.717, 1.165) is 18.7 Å². The molecular weight excluding hydrogens is 249 g/mol. The van der Waals surface area contributed by atoms with E-state index >= 15 is 0 Å². The van der Waals surface area contributed by atoms with Crippen LogP contribution in [-0.2, 0) is 11.3 Å². The van der Waals surface area contributed by atoms with Crippen molar-refractivity contribution in [3.8, 4) is 11.5 Å². The summed E-state index contributed by atoms with van der Waals surface area (Å²) in [5, 5.41) is 3.25. The van der Waals surface area contributed by atoms with Crippen molar-refractivity contribution >= 4 is 0 Å². The number of alkyl halides is 1. The van der Waals surface area contributed by atoms with Crippen molar-refractivity contribution in [3.05, 3.63) is 23.8 Å². The maximum atomic E-state index is 12.0. The topological polar surface area (TPSA) is 39.7 Å². The SMILES string of the molecule is COCCNCc1ccc(OCCCF)c(OC)c1. The highest BCUT2D eigenvalue weighted by Gasteiger charge is 2.05. The van der Waals surface area contributed by atoms with Crippen LogP contribution in [0.3, 0.4) is 0 Å². The molecule has 5 heteroatoms. The number of rotatable bonds is 10. The second kappa shape index (κ2) is 9.58. The zero-order valence-corrected chi connectivity index (χ0v) is 11.6. The highest BCUT2D eigenvalue weighted by Crippen LogP contribution is 2.28. The highest BCUT2D eigenvalue weighted by atomic mass is 19.1. The first-order valence-corrected chi connectivity index (χ1v) is 6.37. The number of ether oxygens (including phenoxy) is 3. The minimum Gasteiger partial charge on any atom is -0.493 e. The van der Waals surface area contributed by atoms with Crippen LogP contribution >= 0.6 is 0 Å². The van der Waals surface area contributed by atoms with Crippen molar-refractivity contribution in [3.63, 3.8) is 0 Å². The fraction of sp³-hybridized carbons (Fsp3) is 0.571. The summed E-state index contributed by atoms with van der Waals surface area (Å²) >= 11 is 0. The number of benzene rings is 1. The largest absolute Gasteiger partial charge is 0.493 e. The van der Waals surface area contributed by atoms with E-state index in [1.54, 1.807) is 14.2 Å². The minimum atomic E-state index is -0.371. The predicted octanol–water partition coefficient (Wildman–Crippen LogP) is 2.17. The van der Waals surface area contributed by atoms with Crippen LogP contribution in [0.4, 0.5) is 4.39 Å². The van der Waals surface area contributed by atoms with Gasteiger partial charge in [0.25, 0.3) is 0 Å². The summed E-state index contributed by atoms with van der Waals surface area (Å²) < 4.78 is 27.7. The molecule has 0 radical (unpaired) electrons. The van der Waals surface area contributed by atoms with Crippen LogP contribution in [0.1, 0.15) is 12.0 Å². The summed E-state index contributed by atoms with van der Waals surface area (Å²) in [7, 11) is 3.27. The predicted molar refractivity (Wildman–Crippen MR) is 72.7 cm³/mol. The van der Waals surface area contributed by atoms with Gasteiger partial charge < -0.3 is 19.5 Å². The maximum absolute atomic E-state index is 12.0. The first-order valence-electron chi connectivity index (χ1n) is 6.37. The number of hydrogen-bond donors (Lipinski definition) is 1. The molecule has 0 aliphatic carbocycles. The van der Waals surface area contributed by atoms with E-state index in [4.69, 9.17) is 14.2 Å². The third kappa shape index (κ3) is 5.89. The highest BCUT2D eigenvalue weighted by molar-refractivity contribution is 5.42. The van der Waals surface area contributed by atoms with E-state index in [2.05, 4.69) is 5.32 Å². The first-order chi connectivity index (χ1) is 9.31. The van der Waals surface area contributed by atoms with Crippen molar-refractivity contribution in [1.29, 1.82) is 0 Å². The molecule has 0 aliphatic rings. The summed E-state index contributed by atoms with van der Waals surface area (Å²) in [5.74, 6) is 1.32. The normalized spacial score (nSPS) is 10.5. The monoisotopic (exact) mass is 271 g/mol. The zero-order chi connectivity index (χ0) is 13.9. The summed E-state index contributed by atoms with van der Waals surface area (Å²) in [4.78, 5) is 0. The number of hydrogen-bond acceptors (Lipinski definition) is 4. The van der Waals surface area contributed by atoms with Gasteiger partial charge in [0.2, 0.25) is 0 Å². The Morgan fingerprint density at radius 3 is 2.68 bits per heavy atom. The van der Waals surface area contributed by atoms with Gasteiger partial charge in [-0.1, -0.05) is 6.07 Å². The molecule has 1 aromatic rings. The molecule has 1 rings (SSSR count). The fourth-order valence-corrected chi connectivity index (χ4v) is 1.58. The van der Waals surface area contributed by atoms with Gasteiger partial charge in [-0.15, -0.1) is 0 Å². The van der Waals surface area contributed by atoms with Gasteiger partial charge in [-0.2, -0.15) is 0 Å². The second-order valence-corrected chi connectivity index (χ2v) is 4.05. The quantitative estimate of drug-likeness (QED) is 0.662. The molecular formula is C14H22FNO3. The lowest BCUT2D eigenvalue weighted by Gasteiger charge is -2.12. The molecule has 0 amide bonds. The van der Waals surface area contributed by atoms with Gasteiger partial charge in [-0.05, 0) is 17.7 Å². The van der Waals surface area contributed by atoms with Gasteiger partial charge in [0, 0.05) is 26.6 Å². The molecule has 0 saturated heterocycles. The average molecular weight is 271 g/mol. The molecule has 1 aromatic carbocycles. The number of halogens is 1. The molecule has 0 saturated carbocycles. The zero-order valence-electron chi connectivity index (χ0n) is 11.6. The van der Waals surface area contributed by atoms with Gasteiger partial charge in [0.15, 0.2) is 11.5 Å². The molecule has 1 N–H and O–H groups in total. The lowest BCUT2D eigenvalue weighted by Crippen LogP contribution is -2.18. The van der Waals surface area contributed by atoms with Gasteiger partial charge in [-0.3, -0.25) is 4.39 Å². The number of nitrogens with one attached hydrogen (secondary N) is 1. The molecule has 0 bridgehead atoms. The summed E-state index contributed by atoms with van der Waals surface area (Å²) in [5.41, 5.74) is 1.10. The van der Waals surface area contributed by atoms with E-state index < -0.39 is 0 Å². The average Bonchev–Trinajstić information content (AvgIpc) is 2.45. The van der Waals surface area contributed by atoms with E-state index in [9.17, 15) is 4.39 Å². The Hall–Kier alpha value is -1.33. The van der Waals surface area contributed by atoms with Gasteiger partial charge in [-0.25, -0.2) is 0 Å². The van der Waals surface area contributed by atoms with Crippen LogP contribution in [0.25, 0.3) is 0 Å². The molecule has 0 spiro atoms. The smallest absolute Gasteiger partial charge is 0.161 e. The Kier molecular flexibility index (Phi) is 7.93. The second-order valence-electron chi connectivity index (χ2n) is 4.05. The van der Waals surface area contributed by atoms with E-state index in [-0.39, 0.29) is 6.67 Å². The molecule has 0 fully saturated rings. The Labute approximate surface area is 113 Å².